The molecule has 0 aliphatic carbocycles. The van der Waals surface area contributed by atoms with Gasteiger partial charge in [-0.05, 0) is 24.9 Å². The minimum atomic E-state index is -3.72. The maximum Gasteiger partial charge on any atom is 0.202 e. The largest absolute Gasteiger partial charge is 0.442 e. The molecule has 1 heterocycles. The Bertz CT molecular complexity index is 667. The molecule has 0 unspecified atom stereocenters. The molecule has 0 aliphatic heterocycles. The monoisotopic (exact) mass is 277 g/mol. The first kappa shape index (κ1) is 13.5. The topological polar surface area (TPSA) is 88.8 Å². The quantitative estimate of drug-likeness (QED) is 0.919. The third-order valence-corrected chi connectivity index (χ3v) is 3.98. The summed E-state index contributed by atoms with van der Waals surface area (Å²) in [7, 11) is -3.72. The molecule has 2 rings (SSSR count). The van der Waals surface area contributed by atoms with Crippen LogP contribution in [0.25, 0.3) is 4.72 Å². The molecule has 0 amide bonds. The Morgan fingerprint density at radius 1 is 1.21 bits per heavy atom. The van der Waals surface area contributed by atoms with Crippen molar-refractivity contribution in [1.82, 2.24) is 4.98 Å². The van der Waals surface area contributed by atoms with Crippen LogP contribution in [0.5, 0.6) is 0 Å². The molecule has 1 aromatic carbocycles. The minimum Gasteiger partial charge on any atom is -0.442 e. The highest BCUT2D eigenvalue weighted by molar-refractivity contribution is 7.94. The highest BCUT2D eigenvalue weighted by Crippen LogP contribution is 2.28. The molecule has 0 saturated carbocycles. The number of hydrogen-bond acceptors (Lipinski definition) is 3. The van der Waals surface area contributed by atoms with Crippen LogP contribution in [-0.4, -0.2) is 13.4 Å². The van der Waals surface area contributed by atoms with Gasteiger partial charge in [-0.3, -0.25) is 0 Å². The number of aromatic nitrogens is 1. The van der Waals surface area contributed by atoms with Crippen LogP contribution in [0, 0.1) is 6.92 Å². The maximum atomic E-state index is 12.1. The number of nitrogens with zero attached hydrogens (tertiary/aromatic N) is 2. The van der Waals surface area contributed by atoms with Crippen LogP contribution in [-0.2, 0) is 16.6 Å². The number of quaternary nitrogens is 1. The molecule has 0 bridgehead atoms. The van der Waals surface area contributed by atoms with Gasteiger partial charge in [-0.25, -0.2) is 8.42 Å². The number of pyridine rings is 1. The van der Waals surface area contributed by atoms with E-state index >= 15 is 0 Å². The molecule has 1 aromatic heterocycles. The number of aryl methyl sites for hydroxylation is 1. The molecule has 0 saturated heterocycles. The first-order chi connectivity index (χ1) is 9.03. The van der Waals surface area contributed by atoms with Gasteiger partial charge >= 0.3 is 0 Å². The lowest BCUT2D eigenvalue weighted by Gasteiger charge is -2.17. The first-order valence-electron chi connectivity index (χ1n) is 5.81. The number of hydrogen-bond donors (Lipinski definition) is 1. The van der Waals surface area contributed by atoms with Crippen LogP contribution in [0.4, 0.5) is 5.82 Å². The van der Waals surface area contributed by atoms with E-state index in [1.807, 2.05) is 0 Å². The van der Waals surface area contributed by atoms with E-state index in [4.69, 9.17) is 0 Å². The first-order valence-corrected chi connectivity index (χ1v) is 7.25. The van der Waals surface area contributed by atoms with Crippen molar-refractivity contribution in [3.8, 4) is 0 Å². The predicted molar refractivity (Wildman–Crippen MR) is 72.2 cm³/mol. The van der Waals surface area contributed by atoms with Crippen molar-refractivity contribution in [2.45, 2.75) is 18.4 Å². The molecule has 5 nitrogen and oxygen atoms in total. The summed E-state index contributed by atoms with van der Waals surface area (Å²) in [5.41, 5.74) is 5.45. The second-order valence-corrected chi connectivity index (χ2v) is 5.71. The molecule has 0 atom stereocenters. The predicted octanol–water partition coefficient (Wildman–Crippen LogP) is 1.53. The van der Waals surface area contributed by atoms with E-state index < -0.39 is 10.0 Å². The van der Waals surface area contributed by atoms with Crippen LogP contribution in [0.2, 0.25) is 0 Å². The molecule has 0 radical (unpaired) electrons. The van der Waals surface area contributed by atoms with Crippen LogP contribution in [0.1, 0.15) is 11.1 Å². The molecule has 0 spiro atoms. The van der Waals surface area contributed by atoms with Crippen LogP contribution in [0.3, 0.4) is 0 Å². The Kier molecular flexibility index (Phi) is 3.82. The fraction of sp³-hybridized carbons (Fsp3) is 0.154. The third kappa shape index (κ3) is 3.10. The standard InChI is InChI=1S/C13H14N3O2S/c1-10-3-2-8-15-13(10)16-19(17,18)12-6-4-11(9-14)5-7-12/h2-8H,9,14H2,1H3/q-1/p+1. The lowest BCUT2D eigenvalue weighted by Crippen LogP contribution is -2.47. The number of sulfonamides is 1. The number of benzene rings is 1. The van der Waals surface area contributed by atoms with Crippen molar-refractivity contribution in [3.05, 3.63) is 58.4 Å². The van der Waals surface area contributed by atoms with E-state index in [0.717, 1.165) is 11.1 Å². The average molecular weight is 277 g/mol. The summed E-state index contributed by atoms with van der Waals surface area (Å²) in [5, 5.41) is 0. The molecule has 0 aliphatic rings. The van der Waals surface area contributed by atoms with Gasteiger partial charge in [0.15, 0.2) is 0 Å². The van der Waals surface area contributed by atoms with Gasteiger partial charge in [-0.1, -0.05) is 36.0 Å². The van der Waals surface area contributed by atoms with Crippen molar-refractivity contribution in [3.63, 3.8) is 0 Å². The summed E-state index contributed by atoms with van der Waals surface area (Å²) in [6, 6.07) is 10.1. The Hall–Kier alpha value is -1.92. The molecule has 2 aromatic rings. The van der Waals surface area contributed by atoms with E-state index in [9.17, 15) is 8.42 Å². The van der Waals surface area contributed by atoms with E-state index in [2.05, 4.69) is 15.4 Å². The van der Waals surface area contributed by atoms with E-state index in [-0.39, 0.29) is 10.7 Å². The summed E-state index contributed by atoms with van der Waals surface area (Å²) >= 11 is 0. The Labute approximate surface area is 112 Å². The molecular formula is C13H15N3O2S. The molecule has 0 fully saturated rings. The van der Waals surface area contributed by atoms with Gasteiger partial charge in [0, 0.05) is 5.56 Å². The molecular weight excluding hydrogens is 262 g/mol. The second kappa shape index (κ2) is 5.38. The lowest BCUT2D eigenvalue weighted by molar-refractivity contribution is -0.386. The summed E-state index contributed by atoms with van der Waals surface area (Å²) in [6.07, 6.45) is 1.52. The van der Waals surface area contributed by atoms with Gasteiger partial charge in [0.25, 0.3) is 0 Å². The smallest absolute Gasteiger partial charge is 0.202 e. The lowest BCUT2D eigenvalue weighted by atomic mass is 10.2. The van der Waals surface area contributed by atoms with Crippen molar-refractivity contribution in [1.29, 1.82) is 0 Å². The van der Waals surface area contributed by atoms with Crippen LogP contribution >= 0.6 is 0 Å². The fourth-order valence-electron chi connectivity index (χ4n) is 1.57. The Morgan fingerprint density at radius 2 is 1.89 bits per heavy atom. The van der Waals surface area contributed by atoms with Crippen molar-refractivity contribution in [2.24, 2.45) is 0 Å². The van der Waals surface area contributed by atoms with Gasteiger partial charge in [0.05, 0.1) is 11.4 Å². The van der Waals surface area contributed by atoms with E-state index in [1.54, 1.807) is 31.2 Å². The molecule has 100 valence electrons. The SMILES string of the molecule is Cc1cccnc1[N-]S(=O)(=O)c1ccc(C[NH3+])cc1. The normalized spacial score (nSPS) is 11.3. The molecule has 19 heavy (non-hydrogen) atoms. The summed E-state index contributed by atoms with van der Waals surface area (Å²) in [5.74, 6) is 0.226. The second-order valence-electron chi connectivity index (χ2n) is 4.10. The molecule has 6 heteroatoms. The Balaban J connectivity index is 2.30. The summed E-state index contributed by atoms with van der Waals surface area (Å²) in [6.45, 7) is 2.39. The zero-order chi connectivity index (χ0) is 13.9. The van der Waals surface area contributed by atoms with Crippen LogP contribution < -0.4 is 5.73 Å². The molecule has 3 N–H and O–H groups in total. The van der Waals surface area contributed by atoms with Gasteiger partial charge in [-0.15, -0.1) is 0 Å². The highest BCUT2D eigenvalue weighted by atomic mass is 32.2. The van der Waals surface area contributed by atoms with E-state index in [0.29, 0.717) is 6.54 Å². The van der Waals surface area contributed by atoms with Crippen molar-refractivity contribution in [2.75, 3.05) is 0 Å². The van der Waals surface area contributed by atoms with Crippen molar-refractivity contribution < 1.29 is 14.2 Å². The zero-order valence-corrected chi connectivity index (χ0v) is 11.4. The number of rotatable bonds is 4. The average Bonchev–Trinajstić information content (AvgIpc) is 2.41. The fourth-order valence-corrected chi connectivity index (χ4v) is 2.57. The highest BCUT2D eigenvalue weighted by Gasteiger charge is 2.10. The van der Waals surface area contributed by atoms with Crippen LogP contribution in [0.15, 0.2) is 47.5 Å². The van der Waals surface area contributed by atoms with Gasteiger partial charge in [-0.2, -0.15) is 0 Å². The van der Waals surface area contributed by atoms with E-state index in [1.165, 1.54) is 18.3 Å². The summed E-state index contributed by atoms with van der Waals surface area (Å²) < 4.78 is 28.0. The summed E-state index contributed by atoms with van der Waals surface area (Å²) in [4.78, 5) is 4.13. The van der Waals surface area contributed by atoms with Gasteiger partial charge in [0.2, 0.25) is 10.0 Å². The van der Waals surface area contributed by atoms with Gasteiger partial charge in [0.1, 0.15) is 0 Å². The maximum absolute atomic E-state index is 12.1. The minimum absolute atomic E-state index is 0.162. The third-order valence-electron chi connectivity index (χ3n) is 2.70. The zero-order valence-electron chi connectivity index (χ0n) is 10.6. The Morgan fingerprint density at radius 3 is 2.47 bits per heavy atom. The van der Waals surface area contributed by atoms with Gasteiger partial charge < -0.3 is 15.4 Å². The van der Waals surface area contributed by atoms with Crippen molar-refractivity contribution >= 4 is 15.8 Å².